The average molecular weight is 239 g/mol. The summed E-state index contributed by atoms with van der Waals surface area (Å²) in [7, 11) is 0. The first-order valence-electron chi connectivity index (χ1n) is 4.07. The normalized spacial score (nSPS) is 9.06. The molecular weight excluding hydrogens is 234 g/mol. The van der Waals surface area contributed by atoms with Crippen LogP contribution in [0.1, 0.15) is 0 Å². The van der Waals surface area contributed by atoms with Gasteiger partial charge in [0.15, 0.2) is 13.5 Å². The Labute approximate surface area is 92.5 Å². The van der Waals surface area contributed by atoms with E-state index in [9.17, 15) is 14.4 Å². The lowest BCUT2D eigenvalue weighted by Gasteiger charge is -2.05. The van der Waals surface area contributed by atoms with Crippen LogP contribution in [0.15, 0.2) is 14.4 Å². The lowest BCUT2D eigenvalue weighted by atomic mass is 10.8. The molecule has 1 aromatic rings. The first-order chi connectivity index (χ1) is 8.11. The van der Waals surface area contributed by atoms with E-state index >= 15 is 0 Å². The van der Waals surface area contributed by atoms with Crippen LogP contribution in [0.2, 0.25) is 0 Å². The van der Waals surface area contributed by atoms with E-state index in [2.05, 4.69) is 9.47 Å². The number of rotatable bonds is 4. The minimum atomic E-state index is -1.05. The Bertz CT molecular complexity index is 600. The number of nitriles is 2. The second-order valence-corrected chi connectivity index (χ2v) is 2.60. The van der Waals surface area contributed by atoms with Crippen molar-refractivity contribution in [1.29, 1.82) is 10.5 Å². The van der Waals surface area contributed by atoms with Gasteiger partial charge in [0, 0.05) is 0 Å². The summed E-state index contributed by atoms with van der Waals surface area (Å²) in [5.41, 5.74) is -3.10. The molecule has 0 aliphatic rings. The maximum absolute atomic E-state index is 11.5. The predicted octanol–water partition coefficient (Wildman–Crippen LogP) is -2.39. The molecule has 10 nitrogen and oxygen atoms in total. The highest BCUT2D eigenvalue weighted by atomic mass is 16.5. The molecule has 1 heterocycles. The molecule has 0 aromatic carbocycles. The van der Waals surface area contributed by atoms with Gasteiger partial charge in [0.25, 0.3) is 12.5 Å². The molecule has 1 rings (SSSR count). The molecule has 0 unspecified atom stereocenters. The van der Waals surface area contributed by atoms with Gasteiger partial charge in [-0.2, -0.15) is 10.5 Å². The van der Waals surface area contributed by atoms with E-state index in [0.717, 1.165) is 0 Å². The van der Waals surface area contributed by atoms with Gasteiger partial charge in [-0.1, -0.05) is 0 Å². The van der Waals surface area contributed by atoms with Crippen molar-refractivity contribution in [2.24, 2.45) is 0 Å². The molecule has 0 spiro atoms. The molecule has 0 aliphatic heterocycles. The van der Waals surface area contributed by atoms with Crippen molar-refractivity contribution in [2.45, 2.75) is 13.5 Å². The molecule has 0 aliphatic carbocycles. The minimum absolute atomic E-state index is 0.464. The molecule has 0 amide bonds. The standard InChI is InChI=1S/C7H5N5O5/c8-1-16-3-11-5(13)10-6(14)12(7(11)15)4-17-2-9/h3-4H2,(H,10,13,14). The Balaban J connectivity index is 3.30. The molecule has 0 saturated heterocycles. The summed E-state index contributed by atoms with van der Waals surface area (Å²) in [4.78, 5) is 35.7. The quantitative estimate of drug-likeness (QED) is 0.577. The maximum Gasteiger partial charge on any atom is 0.341 e. The van der Waals surface area contributed by atoms with Crippen molar-refractivity contribution in [3.05, 3.63) is 31.5 Å². The lowest BCUT2D eigenvalue weighted by molar-refractivity contribution is 0.155. The summed E-state index contributed by atoms with van der Waals surface area (Å²) in [6.07, 6.45) is 2.53. The molecule has 0 saturated carbocycles. The Hall–Kier alpha value is -3.01. The lowest BCUT2D eigenvalue weighted by Crippen LogP contribution is -2.49. The second-order valence-electron chi connectivity index (χ2n) is 2.60. The summed E-state index contributed by atoms with van der Waals surface area (Å²) < 4.78 is 9.34. The summed E-state index contributed by atoms with van der Waals surface area (Å²) in [5, 5.41) is 16.3. The van der Waals surface area contributed by atoms with Crippen LogP contribution in [-0.4, -0.2) is 14.1 Å². The van der Waals surface area contributed by atoms with Crippen molar-refractivity contribution in [2.75, 3.05) is 0 Å². The van der Waals surface area contributed by atoms with Crippen LogP contribution >= 0.6 is 0 Å². The molecule has 0 atom stereocenters. The number of hydrogen-bond donors (Lipinski definition) is 1. The fourth-order valence-corrected chi connectivity index (χ4v) is 0.960. The van der Waals surface area contributed by atoms with E-state index < -0.39 is 30.5 Å². The van der Waals surface area contributed by atoms with E-state index in [0.29, 0.717) is 9.13 Å². The second kappa shape index (κ2) is 5.18. The van der Waals surface area contributed by atoms with Crippen molar-refractivity contribution < 1.29 is 9.47 Å². The van der Waals surface area contributed by atoms with Crippen LogP contribution in [-0.2, 0) is 22.9 Å². The van der Waals surface area contributed by atoms with Crippen LogP contribution in [0, 0.1) is 23.0 Å². The summed E-state index contributed by atoms with van der Waals surface area (Å²) in [6, 6.07) is 0. The molecule has 1 N–H and O–H groups in total. The van der Waals surface area contributed by atoms with Crippen LogP contribution in [0.25, 0.3) is 0 Å². The summed E-state index contributed by atoms with van der Waals surface area (Å²) >= 11 is 0. The van der Waals surface area contributed by atoms with E-state index in [1.165, 1.54) is 12.5 Å². The largest absolute Gasteiger partial charge is 0.405 e. The topological polar surface area (TPSA) is 143 Å². The smallest absolute Gasteiger partial charge is 0.341 e. The molecule has 0 radical (unpaired) electrons. The zero-order valence-electron chi connectivity index (χ0n) is 8.24. The molecular formula is C7H5N5O5. The third-order valence-corrected chi connectivity index (χ3v) is 1.68. The number of nitrogens with one attached hydrogen (secondary N) is 1. The Morgan fingerprint density at radius 2 is 1.41 bits per heavy atom. The van der Waals surface area contributed by atoms with Crippen LogP contribution < -0.4 is 17.1 Å². The average Bonchev–Trinajstić information content (AvgIpc) is 2.28. The predicted molar refractivity (Wildman–Crippen MR) is 49.0 cm³/mol. The number of aromatic amines is 1. The SMILES string of the molecule is N#COCn1c(=O)[nH]c(=O)n(COC#N)c1=O. The van der Waals surface area contributed by atoms with Gasteiger partial charge in [0.05, 0.1) is 0 Å². The van der Waals surface area contributed by atoms with Crippen molar-refractivity contribution in [3.8, 4) is 12.5 Å². The highest BCUT2D eigenvalue weighted by Gasteiger charge is 2.09. The molecule has 0 bridgehead atoms. The zero-order chi connectivity index (χ0) is 12.8. The number of H-pyrrole nitrogens is 1. The van der Waals surface area contributed by atoms with Gasteiger partial charge in [-0.15, -0.1) is 0 Å². The Morgan fingerprint density at radius 3 is 1.76 bits per heavy atom. The van der Waals surface area contributed by atoms with Gasteiger partial charge in [-0.3, -0.25) is 4.98 Å². The van der Waals surface area contributed by atoms with Crippen LogP contribution in [0.5, 0.6) is 0 Å². The first-order valence-corrected chi connectivity index (χ1v) is 4.07. The van der Waals surface area contributed by atoms with Crippen molar-refractivity contribution >= 4 is 0 Å². The fourth-order valence-electron chi connectivity index (χ4n) is 0.960. The molecule has 88 valence electrons. The van der Waals surface area contributed by atoms with Gasteiger partial charge in [-0.25, -0.2) is 23.5 Å². The van der Waals surface area contributed by atoms with Crippen LogP contribution in [0.3, 0.4) is 0 Å². The molecule has 0 fully saturated rings. The Morgan fingerprint density at radius 1 is 1.00 bits per heavy atom. The monoisotopic (exact) mass is 239 g/mol. The number of nitrogens with zero attached hydrogens (tertiary/aromatic N) is 4. The summed E-state index contributed by atoms with van der Waals surface area (Å²) in [6.45, 7) is -1.28. The van der Waals surface area contributed by atoms with Gasteiger partial charge >= 0.3 is 17.1 Å². The van der Waals surface area contributed by atoms with Crippen LogP contribution in [0.4, 0.5) is 0 Å². The van der Waals surface area contributed by atoms with Gasteiger partial charge in [0.2, 0.25) is 0 Å². The molecule has 17 heavy (non-hydrogen) atoms. The number of ether oxygens (including phenoxy) is 2. The molecule has 1 aromatic heterocycles. The van der Waals surface area contributed by atoms with E-state index in [1.807, 2.05) is 0 Å². The van der Waals surface area contributed by atoms with Gasteiger partial charge < -0.3 is 9.47 Å². The van der Waals surface area contributed by atoms with E-state index in [4.69, 9.17) is 10.5 Å². The van der Waals surface area contributed by atoms with Gasteiger partial charge in [-0.05, 0) is 0 Å². The highest BCUT2D eigenvalue weighted by Crippen LogP contribution is 1.76. The number of hydrogen-bond acceptors (Lipinski definition) is 7. The third kappa shape index (κ3) is 2.51. The maximum atomic E-state index is 11.5. The van der Waals surface area contributed by atoms with E-state index in [1.54, 1.807) is 4.98 Å². The van der Waals surface area contributed by atoms with E-state index in [-0.39, 0.29) is 0 Å². The van der Waals surface area contributed by atoms with Crippen molar-refractivity contribution in [1.82, 2.24) is 14.1 Å². The summed E-state index contributed by atoms with van der Waals surface area (Å²) in [5.74, 6) is 0. The minimum Gasteiger partial charge on any atom is -0.405 e. The number of aromatic nitrogens is 3. The first kappa shape index (κ1) is 12.1. The van der Waals surface area contributed by atoms with Crippen molar-refractivity contribution in [3.63, 3.8) is 0 Å². The molecule has 10 heteroatoms. The fraction of sp³-hybridized carbons (Fsp3) is 0.286. The highest BCUT2D eigenvalue weighted by molar-refractivity contribution is 4.73. The Kier molecular flexibility index (Phi) is 3.67. The van der Waals surface area contributed by atoms with Gasteiger partial charge in [0.1, 0.15) is 0 Å². The third-order valence-electron chi connectivity index (χ3n) is 1.68. The zero-order valence-corrected chi connectivity index (χ0v) is 8.24.